The van der Waals surface area contributed by atoms with Crippen LogP contribution in [0.5, 0.6) is 0 Å². The van der Waals surface area contributed by atoms with Crippen LogP contribution in [0.15, 0.2) is 30.3 Å². The maximum Gasteiger partial charge on any atom is 0.144 e. The van der Waals surface area contributed by atoms with Crippen LogP contribution in [0.3, 0.4) is 0 Å². The maximum absolute atomic E-state index is 9.79. The fraction of sp³-hybridized carbons (Fsp3) is 0.588. The molecule has 0 fully saturated rings. The monoisotopic (exact) mass is 289 g/mol. The number of nitrogens with one attached hydrogen (secondary N) is 1. The molecule has 0 aliphatic carbocycles. The van der Waals surface area contributed by atoms with Gasteiger partial charge < -0.3 is 4.74 Å². The fourth-order valence-corrected chi connectivity index (χ4v) is 2.42. The molecule has 2 unspecified atom stereocenters. The third kappa shape index (κ3) is 4.53. The van der Waals surface area contributed by atoms with Crippen LogP contribution < -0.4 is 5.32 Å². The lowest BCUT2D eigenvalue weighted by molar-refractivity contribution is 0.105. The molecule has 1 N–H and O–H groups in total. The molecule has 0 radical (unpaired) electrons. The molecule has 0 aromatic heterocycles. The minimum absolute atomic E-state index is 0.407. The van der Waals surface area contributed by atoms with E-state index < -0.39 is 5.54 Å². The third-order valence-corrected chi connectivity index (χ3v) is 4.12. The molecule has 116 valence electrons. The van der Waals surface area contributed by atoms with Gasteiger partial charge in [-0.15, -0.1) is 0 Å². The van der Waals surface area contributed by atoms with Gasteiger partial charge in [-0.25, -0.2) is 0 Å². The lowest BCUT2D eigenvalue weighted by Crippen LogP contribution is -2.51. The van der Waals surface area contributed by atoms with E-state index >= 15 is 0 Å². The average molecular weight is 289 g/mol. The summed E-state index contributed by atoms with van der Waals surface area (Å²) in [5.74, 6) is 0. The Kier molecular flexibility index (Phi) is 7.38. The van der Waals surface area contributed by atoms with Gasteiger partial charge >= 0.3 is 0 Å². The highest BCUT2D eigenvalue weighted by Gasteiger charge is 2.33. The molecule has 1 rings (SSSR count). The van der Waals surface area contributed by atoms with E-state index in [2.05, 4.69) is 30.1 Å². The minimum Gasteiger partial charge on any atom is -0.383 e. The Bertz CT molecular complexity index is 443. The molecule has 21 heavy (non-hydrogen) atoms. The zero-order valence-corrected chi connectivity index (χ0v) is 13.6. The highest BCUT2D eigenvalue weighted by atomic mass is 16.5. The largest absolute Gasteiger partial charge is 0.383 e. The zero-order chi connectivity index (χ0) is 15.7. The topological polar surface area (TPSA) is 48.3 Å². The van der Waals surface area contributed by atoms with Gasteiger partial charge in [0.2, 0.25) is 0 Å². The minimum atomic E-state index is -0.696. The molecule has 0 spiro atoms. The predicted octanol–water partition coefficient (Wildman–Crippen LogP) is 2.37. The summed E-state index contributed by atoms with van der Waals surface area (Å²) in [5, 5.41) is 13.0. The second-order valence-corrected chi connectivity index (χ2v) is 5.35. The summed E-state index contributed by atoms with van der Waals surface area (Å²) >= 11 is 0. The number of likely N-dealkylation sites (N-methyl/N-ethyl adjacent to an activating group) is 1. The molecular formula is C17H27N3O. The van der Waals surface area contributed by atoms with Gasteiger partial charge in [-0.1, -0.05) is 37.3 Å². The summed E-state index contributed by atoms with van der Waals surface area (Å²) < 4.78 is 5.21. The van der Waals surface area contributed by atoms with Crippen molar-refractivity contribution in [1.29, 1.82) is 5.26 Å². The number of methoxy groups -OCH3 is 1. The van der Waals surface area contributed by atoms with E-state index in [-0.39, 0.29) is 0 Å². The molecule has 0 bridgehead atoms. The summed E-state index contributed by atoms with van der Waals surface area (Å²) in [6, 6.07) is 12.8. The Morgan fingerprint density at radius 3 is 2.52 bits per heavy atom. The molecule has 0 aliphatic rings. The molecule has 0 heterocycles. The fourth-order valence-electron chi connectivity index (χ4n) is 2.42. The van der Waals surface area contributed by atoms with Crippen LogP contribution in [0, 0.1) is 11.3 Å². The summed E-state index contributed by atoms with van der Waals surface area (Å²) in [6.07, 6.45) is 1.05. The first-order valence-corrected chi connectivity index (χ1v) is 7.52. The average Bonchev–Trinajstić information content (AvgIpc) is 2.56. The molecule has 0 amide bonds. The Morgan fingerprint density at radius 1 is 1.38 bits per heavy atom. The number of hydrogen-bond acceptors (Lipinski definition) is 4. The smallest absolute Gasteiger partial charge is 0.144 e. The van der Waals surface area contributed by atoms with Crippen molar-refractivity contribution in [1.82, 2.24) is 10.2 Å². The number of ether oxygens (including phenoxy) is 1. The number of hydrogen-bond donors (Lipinski definition) is 1. The molecule has 0 aliphatic heterocycles. The first-order chi connectivity index (χ1) is 10.1. The second kappa shape index (κ2) is 8.78. The second-order valence-electron chi connectivity index (χ2n) is 5.35. The molecule has 0 saturated heterocycles. The highest BCUT2D eigenvalue weighted by molar-refractivity contribution is 5.32. The molecule has 1 aromatic carbocycles. The van der Waals surface area contributed by atoms with Gasteiger partial charge in [0.25, 0.3) is 0 Å². The van der Waals surface area contributed by atoms with Crippen molar-refractivity contribution in [3.05, 3.63) is 35.9 Å². The van der Waals surface area contributed by atoms with Crippen LogP contribution in [0.4, 0.5) is 0 Å². The van der Waals surface area contributed by atoms with E-state index in [1.807, 2.05) is 37.4 Å². The van der Waals surface area contributed by atoms with E-state index in [0.29, 0.717) is 19.2 Å². The van der Waals surface area contributed by atoms with Crippen molar-refractivity contribution in [2.75, 3.05) is 33.9 Å². The highest BCUT2D eigenvalue weighted by Crippen LogP contribution is 2.23. The molecule has 4 nitrogen and oxygen atoms in total. The van der Waals surface area contributed by atoms with Crippen molar-refractivity contribution < 1.29 is 4.74 Å². The van der Waals surface area contributed by atoms with E-state index in [0.717, 1.165) is 18.5 Å². The predicted molar refractivity (Wildman–Crippen MR) is 86.0 cm³/mol. The van der Waals surface area contributed by atoms with Crippen LogP contribution >= 0.6 is 0 Å². The van der Waals surface area contributed by atoms with E-state index in [1.165, 1.54) is 0 Å². The van der Waals surface area contributed by atoms with Crippen LogP contribution in [0.1, 0.15) is 25.8 Å². The van der Waals surface area contributed by atoms with Gasteiger partial charge in [0, 0.05) is 26.2 Å². The normalized spacial score (nSPS) is 15.4. The van der Waals surface area contributed by atoms with E-state index in [9.17, 15) is 5.26 Å². The SMILES string of the molecule is CCC(C)N(CCOC)CC(C#N)(NC)c1ccccc1. The number of nitrogens with zero attached hydrogens (tertiary/aromatic N) is 2. The van der Waals surface area contributed by atoms with Gasteiger partial charge in [0.15, 0.2) is 0 Å². The van der Waals surface area contributed by atoms with Crippen LogP contribution in [-0.4, -0.2) is 44.8 Å². The van der Waals surface area contributed by atoms with Gasteiger partial charge in [-0.05, 0) is 26.0 Å². The lowest BCUT2D eigenvalue weighted by Gasteiger charge is -2.36. The first kappa shape index (κ1) is 17.6. The van der Waals surface area contributed by atoms with Crippen molar-refractivity contribution in [2.24, 2.45) is 0 Å². The van der Waals surface area contributed by atoms with Gasteiger partial charge in [0.1, 0.15) is 5.54 Å². The van der Waals surface area contributed by atoms with Crippen molar-refractivity contribution in [2.45, 2.75) is 31.8 Å². The Hall–Kier alpha value is -1.41. The molecule has 2 atom stereocenters. The standard InChI is InChI=1S/C17H27N3O/c1-5-15(2)20(11-12-21-4)14-17(13-18,19-3)16-9-7-6-8-10-16/h6-10,15,19H,5,11-12,14H2,1-4H3. The van der Waals surface area contributed by atoms with Crippen molar-refractivity contribution in [3.63, 3.8) is 0 Å². The summed E-state index contributed by atoms with van der Waals surface area (Å²) in [4.78, 5) is 2.32. The van der Waals surface area contributed by atoms with Gasteiger partial charge in [-0.2, -0.15) is 5.26 Å². The van der Waals surface area contributed by atoms with Crippen LogP contribution in [-0.2, 0) is 10.3 Å². The maximum atomic E-state index is 9.79. The number of benzene rings is 1. The zero-order valence-electron chi connectivity index (χ0n) is 13.6. The third-order valence-electron chi connectivity index (χ3n) is 4.12. The summed E-state index contributed by atoms with van der Waals surface area (Å²) in [6.45, 7) is 6.50. The van der Waals surface area contributed by atoms with Crippen LogP contribution in [0.2, 0.25) is 0 Å². The molecular weight excluding hydrogens is 262 g/mol. The van der Waals surface area contributed by atoms with E-state index in [4.69, 9.17) is 4.74 Å². The number of rotatable bonds is 9. The van der Waals surface area contributed by atoms with E-state index in [1.54, 1.807) is 7.11 Å². The lowest BCUT2D eigenvalue weighted by atomic mass is 9.90. The molecule has 1 aromatic rings. The van der Waals surface area contributed by atoms with Crippen LogP contribution in [0.25, 0.3) is 0 Å². The molecule has 4 heteroatoms. The van der Waals surface area contributed by atoms with Gasteiger partial charge in [-0.3, -0.25) is 10.2 Å². The Labute approximate surface area is 128 Å². The Balaban J connectivity index is 3.01. The van der Waals surface area contributed by atoms with Crippen molar-refractivity contribution in [3.8, 4) is 6.07 Å². The summed E-state index contributed by atoms with van der Waals surface area (Å²) in [5.41, 5.74) is 0.305. The first-order valence-electron chi connectivity index (χ1n) is 7.52. The van der Waals surface area contributed by atoms with Gasteiger partial charge in [0.05, 0.1) is 12.7 Å². The quantitative estimate of drug-likeness (QED) is 0.758. The number of nitriles is 1. The van der Waals surface area contributed by atoms with Crippen molar-refractivity contribution >= 4 is 0 Å². The molecule has 0 saturated carbocycles. The Morgan fingerprint density at radius 2 is 2.05 bits per heavy atom. The summed E-state index contributed by atoms with van der Waals surface area (Å²) in [7, 11) is 3.56.